The molecule has 1 aliphatic rings. The van der Waals surface area contributed by atoms with Crippen molar-refractivity contribution in [2.75, 3.05) is 0 Å². The quantitative estimate of drug-likeness (QED) is 0.101. The van der Waals surface area contributed by atoms with Crippen molar-refractivity contribution in [1.82, 2.24) is 0 Å². The highest BCUT2D eigenvalue weighted by Gasteiger charge is 2.15. The third kappa shape index (κ3) is 20.8. The van der Waals surface area contributed by atoms with Gasteiger partial charge in [-0.1, -0.05) is 196 Å². The van der Waals surface area contributed by atoms with E-state index in [4.69, 9.17) is 0 Å². The van der Waals surface area contributed by atoms with Crippen LogP contribution in [0.4, 0.5) is 0 Å². The first-order chi connectivity index (χ1) is 38.2. The Morgan fingerprint density at radius 3 is 0.885 bits per heavy atom. The van der Waals surface area contributed by atoms with Gasteiger partial charge in [-0.05, 0) is 159 Å². The first-order valence-corrected chi connectivity index (χ1v) is 26.9. The number of benzene rings is 8. The van der Waals surface area contributed by atoms with Gasteiger partial charge in [-0.3, -0.25) is 19.2 Å². The summed E-state index contributed by atoms with van der Waals surface area (Å²) in [6.45, 7) is 6.43. The number of aldehydes is 4. The fourth-order valence-corrected chi connectivity index (χ4v) is 8.25. The molecular weight excluding hydrogens is 953 g/mol. The van der Waals surface area contributed by atoms with E-state index in [2.05, 4.69) is 141 Å². The summed E-state index contributed by atoms with van der Waals surface area (Å²) in [7, 11) is 0. The van der Waals surface area contributed by atoms with Crippen molar-refractivity contribution in [3.05, 3.63) is 283 Å². The fourth-order valence-electron chi connectivity index (χ4n) is 8.25. The van der Waals surface area contributed by atoms with Crippen LogP contribution >= 0.6 is 0 Å². The standard InChI is InChI=1S/C21H20O.C19H18O.C18H16O.C16H12O/c22-16-19-10-8-17(9-11-19)6-7-18-12-14-21(15-13-18)20-4-2-1-3-5-20;1-2-3-4-16-5-7-17(8-6-16)9-10-18-11-13-19(15-20)14-12-18;1-2-3-15-4-6-16(7-5-15)8-9-17-10-12-18(14-19)13-11-17;1-13-2-4-14(5-3-13)6-7-15-8-10-16(12-17)11-9-15/h8-16,20H,1-5H2;5-8,11-15H,2-4H2,1H3;4-7,10-14H,2-3H2,1H3;2-5,8-12H,1H3. The molecule has 0 atom stereocenters. The molecule has 78 heavy (non-hydrogen) atoms. The number of aryl methyl sites for hydroxylation is 3. The van der Waals surface area contributed by atoms with Gasteiger partial charge >= 0.3 is 0 Å². The fraction of sp³-hybridized carbons (Fsp3) is 0.189. The van der Waals surface area contributed by atoms with Crippen LogP contribution in [0.25, 0.3) is 0 Å². The summed E-state index contributed by atoms with van der Waals surface area (Å²) < 4.78 is 0. The second-order valence-corrected chi connectivity index (χ2v) is 19.0. The van der Waals surface area contributed by atoms with Crippen LogP contribution in [0.15, 0.2) is 194 Å². The van der Waals surface area contributed by atoms with Crippen LogP contribution in [0, 0.1) is 54.3 Å². The number of unbranched alkanes of at least 4 members (excludes halogenated alkanes) is 1. The largest absolute Gasteiger partial charge is 0.298 e. The van der Waals surface area contributed by atoms with Crippen LogP contribution in [-0.4, -0.2) is 25.1 Å². The highest BCUT2D eigenvalue weighted by Crippen LogP contribution is 2.32. The molecule has 1 aliphatic carbocycles. The van der Waals surface area contributed by atoms with Crippen molar-refractivity contribution < 1.29 is 19.2 Å². The van der Waals surface area contributed by atoms with E-state index < -0.39 is 0 Å². The normalized spacial score (nSPS) is 11.0. The maximum Gasteiger partial charge on any atom is 0.150 e. The Bertz CT molecular complexity index is 3390. The van der Waals surface area contributed by atoms with E-state index in [0.717, 1.165) is 94.8 Å². The van der Waals surface area contributed by atoms with Gasteiger partial charge in [-0.25, -0.2) is 0 Å². The molecule has 0 bridgehead atoms. The van der Waals surface area contributed by atoms with E-state index in [-0.39, 0.29) is 0 Å². The van der Waals surface area contributed by atoms with E-state index in [0.29, 0.717) is 22.3 Å². The van der Waals surface area contributed by atoms with Crippen LogP contribution < -0.4 is 0 Å². The molecule has 0 amide bonds. The average Bonchev–Trinajstić information content (AvgIpc) is 3.51. The zero-order chi connectivity index (χ0) is 55.0. The molecule has 386 valence electrons. The molecule has 9 rings (SSSR count). The maximum absolute atomic E-state index is 10.6. The molecule has 0 aromatic heterocycles. The lowest BCUT2D eigenvalue weighted by atomic mass is 9.84. The van der Waals surface area contributed by atoms with E-state index in [9.17, 15) is 19.2 Å². The van der Waals surface area contributed by atoms with Gasteiger partial charge in [-0.2, -0.15) is 0 Å². The number of rotatable bonds is 10. The number of carbonyl (C=O) groups excluding carboxylic acids is 4. The Morgan fingerprint density at radius 1 is 0.333 bits per heavy atom. The lowest BCUT2D eigenvalue weighted by molar-refractivity contribution is 0.111. The third-order valence-electron chi connectivity index (χ3n) is 12.9. The second kappa shape index (κ2) is 32.9. The van der Waals surface area contributed by atoms with Crippen LogP contribution in [-0.2, 0) is 12.8 Å². The van der Waals surface area contributed by atoms with Gasteiger partial charge in [-0.15, -0.1) is 0 Å². The molecule has 0 spiro atoms. The minimum absolute atomic E-state index is 0.672. The zero-order valence-electron chi connectivity index (χ0n) is 45.1. The molecule has 0 aliphatic heterocycles. The molecular formula is C74H66O4. The summed E-state index contributed by atoms with van der Waals surface area (Å²) in [5.41, 5.74) is 15.9. The number of hydrogen-bond acceptors (Lipinski definition) is 4. The summed E-state index contributed by atoms with van der Waals surface area (Å²) in [5, 5.41) is 0. The molecule has 1 saturated carbocycles. The topological polar surface area (TPSA) is 68.3 Å². The zero-order valence-corrected chi connectivity index (χ0v) is 45.1. The summed E-state index contributed by atoms with van der Waals surface area (Å²) >= 11 is 0. The van der Waals surface area contributed by atoms with Crippen molar-refractivity contribution in [2.45, 2.75) is 90.9 Å². The Morgan fingerprint density at radius 2 is 0.603 bits per heavy atom. The van der Waals surface area contributed by atoms with Crippen molar-refractivity contribution in [3.63, 3.8) is 0 Å². The summed E-state index contributed by atoms with van der Waals surface area (Å²) in [4.78, 5) is 42.2. The molecule has 0 saturated heterocycles. The first kappa shape index (κ1) is 57.9. The number of carbonyl (C=O) groups is 4. The van der Waals surface area contributed by atoms with E-state index in [1.807, 2.05) is 72.8 Å². The molecule has 8 aromatic rings. The summed E-state index contributed by atoms with van der Waals surface area (Å²) in [5.74, 6) is 25.7. The smallest absolute Gasteiger partial charge is 0.150 e. The number of hydrogen-bond donors (Lipinski definition) is 0. The van der Waals surface area contributed by atoms with E-state index >= 15 is 0 Å². The molecule has 0 heterocycles. The molecule has 4 heteroatoms. The van der Waals surface area contributed by atoms with Crippen LogP contribution in [0.3, 0.4) is 0 Å². The molecule has 4 nitrogen and oxygen atoms in total. The molecule has 0 radical (unpaired) electrons. The van der Waals surface area contributed by atoms with E-state index in [1.165, 1.54) is 67.2 Å². The van der Waals surface area contributed by atoms with Crippen LogP contribution in [0.2, 0.25) is 0 Å². The molecule has 8 aromatic carbocycles. The van der Waals surface area contributed by atoms with Crippen LogP contribution in [0.5, 0.6) is 0 Å². The molecule has 0 unspecified atom stereocenters. The third-order valence-corrected chi connectivity index (χ3v) is 12.9. The second-order valence-electron chi connectivity index (χ2n) is 19.0. The Labute approximate surface area is 463 Å². The Balaban J connectivity index is 0.000000169. The van der Waals surface area contributed by atoms with Gasteiger partial charge in [0.2, 0.25) is 0 Å². The minimum atomic E-state index is 0.672. The average molecular weight is 1020 g/mol. The first-order valence-electron chi connectivity index (χ1n) is 26.9. The Kier molecular flexibility index (Phi) is 24.4. The van der Waals surface area contributed by atoms with Crippen molar-refractivity contribution >= 4 is 25.1 Å². The monoisotopic (exact) mass is 1020 g/mol. The predicted octanol–water partition coefficient (Wildman–Crippen LogP) is 16.2. The van der Waals surface area contributed by atoms with Gasteiger partial charge in [0.1, 0.15) is 25.1 Å². The lowest BCUT2D eigenvalue weighted by Gasteiger charge is -2.21. The molecule has 0 N–H and O–H groups in total. The van der Waals surface area contributed by atoms with Crippen molar-refractivity contribution in [1.29, 1.82) is 0 Å². The Hall–Kier alpha value is -9.32. The van der Waals surface area contributed by atoms with Gasteiger partial charge in [0.25, 0.3) is 0 Å². The van der Waals surface area contributed by atoms with Gasteiger partial charge in [0.15, 0.2) is 0 Å². The van der Waals surface area contributed by atoms with Gasteiger partial charge in [0, 0.05) is 66.8 Å². The highest BCUT2D eigenvalue weighted by molar-refractivity contribution is 5.76. The summed E-state index contributed by atoms with van der Waals surface area (Å²) in [6, 6.07) is 62.8. The van der Waals surface area contributed by atoms with E-state index in [1.54, 1.807) is 48.5 Å². The predicted molar refractivity (Wildman–Crippen MR) is 320 cm³/mol. The molecule has 1 fully saturated rings. The maximum atomic E-state index is 10.6. The summed E-state index contributed by atoms with van der Waals surface area (Å²) in [6.07, 6.45) is 16.0. The highest BCUT2D eigenvalue weighted by atomic mass is 16.1. The van der Waals surface area contributed by atoms with Crippen LogP contribution in [0.1, 0.15) is 179 Å². The van der Waals surface area contributed by atoms with Crippen molar-refractivity contribution in [2.24, 2.45) is 0 Å². The SMILES string of the molecule is CCCCc1ccc(C#Cc2ccc(C=O)cc2)cc1.CCCc1ccc(C#Cc2ccc(C=O)cc2)cc1.Cc1ccc(C#Cc2ccc(C=O)cc2)cc1.O=Cc1ccc(C#Cc2ccc(C3CCCCC3)cc2)cc1. The lowest BCUT2D eigenvalue weighted by Crippen LogP contribution is -2.04. The minimum Gasteiger partial charge on any atom is -0.298 e. The van der Waals surface area contributed by atoms with Crippen molar-refractivity contribution in [3.8, 4) is 47.4 Å². The van der Waals surface area contributed by atoms with Gasteiger partial charge in [0.05, 0.1) is 0 Å². The van der Waals surface area contributed by atoms with Gasteiger partial charge < -0.3 is 0 Å².